The third kappa shape index (κ3) is 2.68. The van der Waals surface area contributed by atoms with Gasteiger partial charge in [-0.15, -0.1) is 11.3 Å². The molecule has 2 aliphatic rings. The molecule has 1 amide bonds. The largest absolute Gasteiger partial charge is 0.338 e. The Bertz CT molecular complexity index is 645. The minimum absolute atomic E-state index is 0.291. The Morgan fingerprint density at radius 2 is 2.32 bits per heavy atom. The summed E-state index contributed by atoms with van der Waals surface area (Å²) in [4.78, 5) is 18.2. The quantitative estimate of drug-likeness (QED) is 0.863. The molecule has 4 rings (SSSR count). The fourth-order valence-electron chi connectivity index (χ4n) is 3.26. The van der Waals surface area contributed by atoms with E-state index in [-0.39, 0.29) is 0 Å². The normalized spacial score (nSPS) is 19.0. The molecule has 0 bridgehead atoms. The van der Waals surface area contributed by atoms with Crippen LogP contribution in [0.2, 0.25) is 0 Å². The monoisotopic (exact) mass is 316 g/mol. The Labute approximate surface area is 134 Å². The molecule has 0 unspecified atom stereocenters. The first-order chi connectivity index (χ1) is 10.8. The molecule has 4 heterocycles. The van der Waals surface area contributed by atoms with Crippen LogP contribution in [0, 0.1) is 0 Å². The highest BCUT2D eigenvalue weighted by molar-refractivity contribution is 7.10. The lowest BCUT2D eigenvalue weighted by molar-refractivity contribution is -0.132. The molecule has 0 spiro atoms. The lowest BCUT2D eigenvalue weighted by Gasteiger charge is -2.39. The molecule has 0 radical (unpaired) electrons. The highest BCUT2D eigenvalue weighted by atomic mass is 32.1. The van der Waals surface area contributed by atoms with Gasteiger partial charge in [-0.2, -0.15) is 5.10 Å². The number of hydrogen-bond acceptors (Lipinski definition) is 4. The minimum atomic E-state index is 0.291. The van der Waals surface area contributed by atoms with Gasteiger partial charge in [0.15, 0.2) is 0 Å². The molecule has 116 valence electrons. The van der Waals surface area contributed by atoms with Crippen LogP contribution < -0.4 is 0 Å². The number of amides is 1. The zero-order valence-corrected chi connectivity index (χ0v) is 13.3. The SMILES string of the molecule is O=C(CCN1CC(n2cccn2)C1)N1CCc2sccc2C1. The van der Waals surface area contributed by atoms with Gasteiger partial charge in [0.25, 0.3) is 0 Å². The molecule has 0 N–H and O–H groups in total. The molecule has 5 nitrogen and oxygen atoms in total. The zero-order chi connectivity index (χ0) is 14.9. The fourth-order valence-corrected chi connectivity index (χ4v) is 4.15. The number of hydrogen-bond donors (Lipinski definition) is 0. The number of rotatable bonds is 4. The first-order valence-corrected chi connectivity index (χ1v) is 8.72. The number of carbonyl (C=O) groups excluding carboxylic acids is 1. The van der Waals surface area contributed by atoms with Crippen LogP contribution in [0.1, 0.15) is 22.9 Å². The number of fused-ring (bicyclic) bond motifs is 1. The summed E-state index contributed by atoms with van der Waals surface area (Å²) in [6.07, 6.45) is 5.48. The molecule has 2 aliphatic heterocycles. The van der Waals surface area contributed by atoms with E-state index in [0.29, 0.717) is 18.4 Å². The van der Waals surface area contributed by atoms with Crippen LogP contribution in [0.4, 0.5) is 0 Å². The summed E-state index contributed by atoms with van der Waals surface area (Å²) in [5.41, 5.74) is 1.34. The Balaban J connectivity index is 1.23. The van der Waals surface area contributed by atoms with E-state index in [0.717, 1.165) is 39.1 Å². The van der Waals surface area contributed by atoms with Crippen molar-refractivity contribution in [3.8, 4) is 0 Å². The second kappa shape index (κ2) is 5.85. The topological polar surface area (TPSA) is 41.4 Å². The summed E-state index contributed by atoms with van der Waals surface area (Å²) < 4.78 is 2.01. The van der Waals surface area contributed by atoms with Gasteiger partial charge >= 0.3 is 0 Å². The van der Waals surface area contributed by atoms with E-state index < -0.39 is 0 Å². The number of carbonyl (C=O) groups is 1. The number of aromatic nitrogens is 2. The van der Waals surface area contributed by atoms with Crippen molar-refractivity contribution >= 4 is 17.2 Å². The molecule has 6 heteroatoms. The van der Waals surface area contributed by atoms with Crippen molar-refractivity contribution in [2.24, 2.45) is 0 Å². The summed E-state index contributed by atoms with van der Waals surface area (Å²) in [5.74, 6) is 0.291. The molecule has 2 aromatic rings. The van der Waals surface area contributed by atoms with Gasteiger partial charge in [0.05, 0.1) is 6.04 Å². The summed E-state index contributed by atoms with van der Waals surface area (Å²) >= 11 is 1.81. The lowest BCUT2D eigenvalue weighted by atomic mass is 10.1. The minimum Gasteiger partial charge on any atom is -0.338 e. The first kappa shape index (κ1) is 14.0. The van der Waals surface area contributed by atoms with Crippen molar-refractivity contribution < 1.29 is 4.79 Å². The number of likely N-dealkylation sites (tertiary alicyclic amines) is 1. The average molecular weight is 316 g/mol. The van der Waals surface area contributed by atoms with E-state index in [2.05, 4.69) is 21.4 Å². The van der Waals surface area contributed by atoms with E-state index in [9.17, 15) is 4.79 Å². The molecule has 1 saturated heterocycles. The fraction of sp³-hybridized carbons (Fsp3) is 0.500. The highest BCUT2D eigenvalue weighted by Gasteiger charge is 2.29. The molecule has 2 aromatic heterocycles. The van der Waals surface area contributed by atoms with Crippen LogP contribution in [0.5, 0.6) is 0 Å². The van der Waals surface area contributed by atoms with Crippen molar-refractivity contribution in [3.05, 3.63) is 40.3 Å². The number of nitrogens with zero attached hydrogens (tertiary/aromatic N) is 4. The third-order valence-electron chi connectivity index (χ3n) is 4.64. The van der Waals surface area contributed by atoms with Crippen LogP contribution in [0.25, 0.3) is 0 Å². The number of thiophene rings is 1. The molecule has 22 heavy (non-hydrogen) atoms. The molecule has 0 aromatic carbocycles. The third-order valence-corrected chi connectivity index (χ3v) is 5.66. The van der Waals surface area contributed by atoms with Gasteiger partial charge in [-0.3, -0.25) is 14.4 Å². The lowest BCUT2D eigenvalue weighted by Crippen LogP contribution is -2.49. The van der Waals surface area contributed by atoms with Crippen molar-refractivity contribution in [1.82, 2.24) is 19.6 Å². The van der Waals surface area contributed by atoms with E-state index >= 15 is 0 Å². The summed E-state index contributed by atoms with van der Waals surface area (Å²) in [7, 11) is 0. The second-order valence-electron chi connectivity index (χ2n) is 6.08. The van der Waals surface area contributed by atoms with Crippen molar-refractivity contribution in [2.45, 2.75) is 25.4 Å². The Hall–Kier alpha value is -1.66. The average Bonchev–Trinajstić information content (AvgIpc) is 3.15. The predicted molar refractivity (Wildman–Crippen MR) is 85.8 cm³/mol. The molecular weight excluding hydrogens is 296 g/mol. The molecule has 1 fully saturated rings. The zero-order valence-electron chi connectivity index (χ0n) is 12.5. The van der Waals surface area contributed by atoms with Gasteiger partial charge in [-0.25, -0.2) is 0 Å². The van der Waals surface area contributed by atoms with Crippen LogP contribution in [-0.4, -0.2) is 51.7 Å². The maximum atomic E-state index is 12.4. The van der Waals surface area contributed by atoms with E-state index in [1.54, 1.807) is 0 Å². The van der Waals surface area contributed by atoms with E-state index in [4.69, 9.17) is 0 Å². The van der Waals surface area contributed by atoms with Gasteiger partial charge in [-0.1, -0.05) is 0 Å². The summed E-state index contributed by atoms with van der Waals surface area (Å²) in [5, 5.41) is 6.41. The second-order valence-corrected chi connectivity index (χ2v) is 7.08. The van der Waals surface area contributed by atoms with Crippen LogP contribution in [-0.2, 0) is 17.8 Å². The van der Waals surface area contributed by atoms with Crippen LogP contribution in [0.15, 0.2) is 29.9 Å². The Morgan fingerprint density at radius 1 is 1.41 bits per heavy atom. The highest BCUT2D eigenvalue weighted by Crippen LogP contribution is 2.25. The predicted octanol–water partition coefficient (Wildman–Crippen LogP) is 1.78. The first-order valence-electron chi connectivity index (χ1n) is 7.84. The summed E-state index contributed by atoms with van der Waals surface area (Å²) in [6, 6.07) is 4.60. The van der Waals surface area contributed by atoms with Gasteiger partial charge in [0, 0.05) is 56.4 Å². The van der Waals surface area contributed by atoms with E-state index in [1.165, 1.54) is 10.4 Å². The molecular formula is C16H20N4OS. The van der Waals surface area contributed by atoms with Gasteiger partial charge < -0.3 is 4.90 Å². The standard InChI is InChI=1S/C16H20N4OS/c21-16(19-8-2-15-13(10-19)4-9-22-15)3-7-18-11-14(12-18)20-6-1-5-17-20/h1,4-6,9,14H,2-3,7-8,10-12H2. The Morgan fingerprint density at radius 3 is 3.14 bits per heavy atom. The van der Waals surface area contributed by atoms with Crippen molar-refractivity contribution in [1.29, 1.82) is 0 Å². The maximum Gasteiger partial charge on any atom is 0.224 e. The molecule has 0 atom stereocenters. The van der Waals surface area contributed by atoms with Crippen molar-refractivity contribution in [3.63, 3.8) is 0 Å². The summed E-state index contributed by atoms with van der Waals surface area (Å²) in [6.45, 7) is 4.55. The van der Waals surface area contributed by atoms with Crippen LogP contribution >= 0.6 is 11.3 Å². The van der Waals surface area contributed by atoms with Gasteiger partial charge in [-0.05, 0) is 29.5 Å². The Kier molecular flexibility index (Phi) is 3.72. The molecule has 0 aliphatic carbocycles. The van der Waals surface area contributed by atoms with Gasteiger partial charge in [0.2, 0.25) is 5.91 Å². The smallest absolute Gasteiger partial charge is 0.224 e. The maximum absolute atomic E-state index is 12.4. The van der Waals surface area contributed by atoms with Crippen molar-refractivity contribution in [2.75, 3.05) is 26.2 Å². The molecule has 0 saturated carbocycles. The van der Waals surface area contributed by atoms with E-state index in [1.807, 2.05) is 39.4 Å². The van der Waals surface area contributed by atoms with Gasteiger partial charge in [0.1, 0.15) is 0 Å². The van der Waals surface area contributed by atoms with Crippen LogP contribution in [0.3, 0.4) is 0 Å².